The summed E-state index contributed by atoms with van der Waals surface area (Å²) in [5, 5.41) is 6.22. The van der Waals surface area contributed by atoms with E-state index in [0.717, 1.165) is 36.0 Å². The van der Waals surface area contributed by atoms with Crippen molar-refractivity contribution in [2.75, 3.05) is 26.7 Å². The second-order valence-corrected chi connectivity index (χ2v) is 13.2. The normalized spacial score (nSPS) is 26.3. The van der Waals surface area contributed by atoms with E-state index in [4.69, 9.17) is 16.2 Å². The summed E-state index contributed by atoms with van der Waals surface area (Å²) >= 11 is 0. The molecular weight excluding hydrogens is 592 g/mol. The van der Waals surface area contributed by atoms with Gasteiger partial charge in [0, 0.05) is 38.6 Å². The largest absolute Gasteiger partial charge is 0.388 e. The number of nitrogens with one attached hydrogen (secondary N) is 2. The van der Waals surface area contributed by atoms with E-state index in [1.54, 1.807) is 18.9 Å². The lowest BCUT2D eigenvalue weighted by atomic mass is 9.83. The highest BCUT2D eigenvalue weighted by atomic mass is 16.5. The molecular formula is C37H50N6O4. The molecule has 1 heterocycles. The lowest BCUT2D eigenvalue weighted by molar-refractivity contribution is -0.144. The quantitative estimate of drug-likeness (QED) is 0.108. The lowest BCUT2D eigenvalue weighted by Crippen LogP contribution is -2.57. The first-order valence-corrected chi connectivity index (χ1v) is 16.9. The smallest absolute Gasteiger partial charge is 0.246 e. The third kappa shape index (κ3) is 8.87. The Balaban J connectivity index is 1.33. The number of nitrogens with zero attached hydrogens (tertiary/aromatic N) is 2. The van der Waals surface area contributed by atoms with Crippen molar-refractivity contribution in [2.45, 2.75) is 82.0 Å². The summed E-state index contributed by atoms with van der Waals surface area (Å²) < 4.78 is 5.74. The van der Waals surface area contributed by atoms with Gasteiger partial charge in [-0.15, -0.1) is 0 Å². The summed E-state index contributed by atoms with van der Waals surface area (Å²) in [6.07, 6.45) is 6.76. The van der Waals surface area contributed by atoms with Gasteiger partial charge in [0.2, 0.25) is 17.7 Å². The fraction of sp³-hybridized carbons (Fsp3) is 0.514. The van der Waals surface area contributed by atoms with Gasteiger partial charge in [-0.3, -0.25) is 19.4 Å². The molecule has 2 aromatic carbocycles. The maximum Gasteiger partial charge on any atom is 0.246 e. The SMILES string of the molecule is COC1CCC2CC(C(=O)NCC/C=C(\CN)CN=C(C)N)N(C(=O)C(Cc3ccccc3)NC(=O)C3CC3c3ccccc3)C2C1. The minimum atomic E-state index is -0.791. The Kier molecular flexibility index (Phi) is 11.8. The number of methoxy groups -OCH3 is 1. The number of amidine groups is 1. The van der Waals surface area contributed by atoms with Crippen molar-refractivity contribution in [2.24, 2.45) is 28.3 Å². The van der Waals surface area contributed by atoms with Gasteiger partial charge in [0.1, 0.15) is 12.1 Å². The number of hydrogen-bond donors (Lipinski definition) is 4. The Labute approximate surface area is 278 Å². The van der Waals surface area contributed by atoms with E-state index in [0.29, 0.717) is 51.2 Å². The van der Waals surface area contributed by atoms with E-state index >= 15 is 0 Å². The molecule has 10 nitrogen and oxygen atoms in total. The van der Waals surface area contributed by atoms with Crippen LogP contribution in [0, 0.1) is 11.8 Å². The molecule has 2 aromatic rings. The maximum absolute atomic E-state index is 14.7. The van der Waals surface area contributed by atoms with Crippen LogP contribution in [0.4, 0.5) is 0 Å². The number of nitrogens with two attached hydrogens (primary N) is 2. The molecule has 3 amide bonds. The van der Waals surface area contributed by atoms with E-state index in [9.17, 15) is 14.4 Å². The van der Waals surface area contributed by atoms with Gasteiger partial charge in [0.25, 0.3) is 0 Å². The molecule has 3 fully saturated rings. The predicted octanol–water partition coefficient (Wildman–Crippen LogP) is 3.07. The number of benzene rings is 2. The average molecular weight is 643 g/mol. The van der Waals surface area contributed by atoms with Gasteiger partial charge >= 0.3 is 0 Å². The molecule has 1 saturated heterocycles. The van der Waals surface area contributed by atoms with Gasteiger partial charge in [-0.2, -0.15) is 0 Å². The van der Waals surface area contributed by atoms with Crippen LogP contribution in [-0.4, -0.2) is 79.4 Å². The van der Waals surface area contributed by atoms with Crippen molar-refractivity contribution in [3.05, 3.63) is 83.4 Å². The monoisotopic (exact) mass is 642 g/mol. The maximum atomic E-state index is 14.7. The van der Waals surface area contributed by atoms with E-state index in [-0.39, 0.29) is 47.6 Å². The minimum Gasteiger partial charge on any atom is -0.388 e. The second-order valence-electron chi connectivity index (χ2n) is 13.2. The first-order chi connectivity index (χ1) is 22.8. The number of likely N-dealkylation sites (tertiary alicyclic amines) is 1. The molecule has 252 valence electrons. The van der Waals surface area contributed by atoms with Crippen molar-refractivity contribution in [1.82, 2.24) is 15.5 Å². The molecule has 0 radical (unpaired) electrons. The van der Waals surface area contributed by atoms with Crippen LogP contribution in [0.2, 0.25) is 0 Å². The number of carbonyl (C=O) groups is 3. The summed E-state index contributed by atoms with van der Waals surface area (Å²) in [5.41, 5.74) is 14.6. The Morgan fingerprint density at radius 3 is 2.43 bits per heavy atom. The summed E-state index contributed by atoms with van der Waals surface area (Å²) in [5.74, 6) is 0.184. The first-order valence-electron chi connectivity index (χ1n) is 16.9. The van der Waals surface area contributed by atoms with Gasteiger partial charge in [-0.1, -0.05) is 66.7 Å². The summed E-state index contributed by atoms with van der Waals surface area (Å²) in [7, 11) is 1.71. The van der Waals surface area contributed by atoms with Gasteiger partial charge in [0.15, 0.2) is 0 Å². The summed E-state index contributed by atoms with van der Waals surface area (Å²) in [4.78, 5) is 48.1. The van der Waals surface area contributed by atoms with E-state index < -0.39 is 12.1 Å². The molecule has 10 heteroatoms. The topological polar surface area (TPSA) is 152 Å². The zero-order chi connectivity index (χ0) is 33.3. The summed E-state index contributed by atoms with van der Waals surface area (Å²) in [6.45, 7) is 2.94. The van der Waals surface area contributed by atoms with Crippen LogP contribution in [0.25, 0.3) is 0 Å². The van der Waals surface area contributed by atoms with Crippen LogP contribution in [0.15, 0.2) is 77.3 Å². The lowest BCUT2D eigenvalue weighted by Gasteiger charge is -2.38. The highest BCUT2D eigenvalue weighted by Gasteiger charge is 2.51. The minimum absolute atomic E-state index is 0.0215. The van der Waals surface area contributed by atoms with Crippen LogP contribution in [0.1, 0.15) is 62.5 Å². The van der Waals surface area contributed by atoms with Crippen LogP contribution in [0.3, 0.4) is 0 Å². The van der Waals surface area contributed by atoms with Crippen molar-refractivity contribution in [3.63, 3.8) is 0 Å². The van der Waals surface area contributed by atoms with Gasteiger partial charge in [0.05, 0.1) is 18.5 Å². The van der Waals surface area contributed by atoms with Crippen LogP contribution < -0.4 is 22.1 Å². The predicted molar refractivity (Wildman–Crippen MR) is 183 cm³/mol. The number of aliphatic imine (C=N–C) groups is 1. The van der Waals surface area contributed by atoms with Crippen molar-refractivity contribution >= 4 is 23.6 Å². The van der Waals surface area contributed by atoms with Crippen LogP contribution >= 0.6 is 0 Å². The molecule has 2 saturated carbocycles. The first kappa shape index (κ1) is 34.3. The molecule has 1 aliphatic heterocycles. The Morgan fingerprint density at radius 1 is 1.02 bits per heavy atom. The van der Waals surface area contributed by atoms with Crippen LogP contribution in [-0.2, 0) is 25.5 Å². The molecule has 2 aliphatic carbocycles. The number of carbonyl (C=O) groups excluding carboxylic acids is 3. The average Bonchev–Trinajstić information content (AvgIpc) is 3.81. The molecule has 5 rings (SSSR count). The number of rotatable bonds is 14. The Morgan fingerprint density at radius 2 is 1.74 bits per heavy atom. The second kappa shape index (κ2) is 16.2. The van der Waals surface area contributed by atoms with E-state index in [1.807, 2.05) is 54.6 Å². The highest BCUT2D eigenvalue weighted by Crippen LogP contribution is 2.47. The fourth-order valence-corrected chi connectivity index (χ4v) is 7.27. The van der Waals surface area contributed by atoms with Gasteiger partial charge in [-0.05, 0) is 74.0 Å². The molecule has 0 spiro atoms. The molecule has 0 bridgehead atoms. The Bertz CT molecular complexity index is 1430. The van der Waals surface area contributed by atoms with Crippen molar-refractivity contribution < 1.29 is 19.1 Å². The molecule has 47 heavy (non-hydrogen) atoms. The third-order valence-corrected chi connectivity index (χ3v) is 9.94. The molecule has 7 atom stereocenters. The zero-order valence-corrected chi connectivity index (χ0v) is 27.6. The molecule has 0 aromatic heterocycles. The van der Waals surface area contributed by atoms with Crippen LogP contribution in [0.5, 0.6) is 0 Å². The number of hydrogen-bond acceptors (Lipinski definition) is 6. The van der Waals surface area contributed by atoms with E-state index in [2.05, 4.69) is 27.8 Å². The van der Waals surface area contributed by atoms with Gasteiger partial charge in [-0.25, -0.2) is 0 Å². The number of fused-ring (bicyclic) bond motifs is 1. The van der Waals surface area contributed by atoms with Gasteiger partial charge < -0.3 is 31.7 Å². The molecule has 3 aliphatic rings. The van der Waals surface area contributed by atoms with Crippen molar-refractivity contribution in [1.29, 1.82) is 0 Å². The third-order valence-electron chi connectivity index (χ3n) is 9.94. The zero-order valence-electron chi connectivity index (χ0n) is 27.6. The number of ether oxygens (including phenoxy) is 1. The fourth-order valence-electron chi connectivity index (χ4n) is 7.27. The molecule has 7 unspecified atom stereocenters. The molecule has 6 N–H and O–H groups in total. The van der Waals surface area contributed by atoms with E-state index in [1.165, 1.54) is 0 Å². The Hall–Kier alpha value is -4.02. The number of amides is 3. The highest BCUT2D eigenvalue weighted by molar-refractivity contribution is 5.94. The standard InChI is InChI=1S/C37H50N6O4/c1-24(39)41-23-26(22-38)12-9-17-40-36(45)34-19-28-15-16-29(47-2)20-33(28)43(34)37(46)32(18-25-10-5-3-6-11-25)42-35(44)31-21-30(31)27-13-7-4-8-14-27/h3-8,10-14,28-34H,9,15-23,38H2,1-2H3,(H2,39,41)(H,40,45)(H,42,44)/b26-12+. The summed E-state index contributed by atoms with van der Waals surface area (Å²) in [6, 6.07) is 18.2. The van der Waals surface area contributed by atoms with Crippen molar-refractivity contribution in [3.8, 4) is 0 Å².